The van der Waals surface area contributed by atoms with E-state index >= 15 is 0 Å². The van der Waals surface area contributed by atoms with E-state index in [1.165, 1.54) is 0 Å². The van der Waals surface area contributed by atoms with Crippen LogP contribution < -0.4 is 0 Å². The number of H-pyrrole nitrogens is 1. The normalized spacial score (nSPS) is 18.6. The van der Waals surface area contributed by atoms with Gasteiger partial charge in [-0.1, -0.05) is 54.0 Å². The first-order chi connectivity index (χ1) is 16.9. The Morgan fingerprint density at radius 3 is 2.53 bits per heavy atom. The van der Waals surface area contributed by atoms with Gasteiger partial charge in [-0.2, -0.15) is 0 Å². The van der Waals surface area contributed by atoms with Crippen LogP contribution in [-0.4, -0.2) is 45.6 Å². The first-order valence-electron chi connectivity index (χ1n) is 12.5. The fraction of sp³-hybridized carbons (Fsp3) is 0.448. The van der Waals surface area contributed by atoms with Crippen molar-refractivity contribution in [2.45, 2.75) is 64.6 Å². The molecule has 2 heterocycles. The third-order valence-electron chi connectivity index (χ3n) is 7.55. The fourth-order valence-electron chi connectivity index (χ4n) is 5.60. The number of aromatic amines is 1. The second-order valence-corrected chi connectivity index (χ2v) is 12.5. The van der Waals surface area contributed by atoms with Crippen LogP contribution in [0, 0.1) is 5.92 Å². The lowest BCUT2D eigenvalue weighted by Gasteiger charge is -2.36. The zero-order chi connectivity index (χ0) is 26.0. The molecule has 2 N–H and O–H groups in total. The summed E-state index contributed by atoms with van der Waals surface area (Å²) in [5, 5.41) is 12.2. The van der Waals surface area contributed by atoms with Crippen molar-refractivity contribution < 1.29 is 19.4 Å². The first kappa shape index (κ1) is 25.0. The Labute approximate surface area is 220 Å². The van der Waals surface area contributed by atoms with Crippen molar-refractivity contribution in [2.24, 2.45) is 5.92 Å². The molecule has 5 rings (SSSR count). The van der Waals surface area contributed by atoms with Gasteiger partial charge in [0.1, 0.15) is 5.60 Å². The van der Waals surface area contributed by atoms with E-state index in [9.17, 15) is 14.7 Å². The van der Waals surface area contributed by atoms with E-state index in [2.05, 4.69) is 34.8 Å². The molecule has 0 spiro atoms. The average Bonchev–Trinajstić information content (AvgIpc) is 3.21. The van der Waals surface area contributed by atoms with Gasteiger partial charge in [-0.05, 0) is 62.8 Å². The largest absolute Gasteiger partial charge is 0.444 e. The van der Waals surface area contributed by atoms with E-state index in [4.69, 9.17) is 4.74 Å². The lowest BCUT2D eigenvalue weighted by Crippen LogP contribution is -2.42. The lowest BCUT2D eigenvalue weighted by atomic mass is 9.70. The molecule has 190 valence electrons. The number of ether oxygens (including phenoxy) is 1. The second-order valence-electron chi connectivity index (χ2n) is 11.6. The number of ketones is 1. The highest BCUT2D eigenvalue weighted by atomic mass is 79.9. The van der Waals surface area contributed by atoms with Crippen LogP contribution in [-0.2, 0) is 10.2 Å². The van der Waals surface area contributed by atoms with Crippen LogP contribution in [0.25, 0.3) is 10.9 Å². The summed E-state index contributed by atoms with van der Waals surface area (Å²) in [5.41, 5.74) is 4.04. The summed E-state index contributed by atoms with van der Waals surface area (Å²) in [6.07, 6.45) is 0.426. The van der Waals surface area contributed by atoms with E-state index in [-0.39, 0.29) is 17.8 Å². The van der Waals surface area contributed by atoms with E-state index in [0.29, 0.717) is 31.5 Å². The number of aliphatic hydroxyl groups excluding tert-OH is 1. The van der Waals surface area contributed by atoms with E-state index in [1.54, 1.807) is 4.90 Å². The Morgan fingerprint density at radius 2 is 1.86 bits per heavy atom. The standard InChI is InChI=1S/C29H33BrN2O4/c1-28(2,3)36-27(35)32-12-10-16(11-13-32)24(33)17-6-8-19-21(14-17)29(4,5)26-23(25(19)34)20-9-7-18(30)15-22(20)31-26/h6-9,14-16,24,31,33H,10-13H2,1-5H3. The number of halogens is 1. The molecule has 3 aromatic rings. The maximum Gasteiger partial charge on any atom is 0.410 e. The molecular formula is C29H33BrN2O4. The molecule has 1 aromatic heterocycles. The highest BCUT2D eigenvalue weighted by Gasteiger charge is 2.40. The third-order valence-corrected chi connectivity index (χ3v) is 8.05. The fourth-order valence-corrected chi connectivity index (χ4v) is 5.96. The van der Waals surface area contributed by atoms with Gasteiger partial charge in [0.2, 0.25) is 0 Å². The maximum atomic E-state index is 13.6. The quantitative estimate of drug-likeness (QED) is 0.381. The molecule has 1 fully saturated rings. The molecule has 1 amide bonds. The van der Waals surface area contributed by atoms with Gasteiger partial charge in [-0.15, -0.1) is 0 Å². The topological polar surface area (TPSA) is 82.6 Å². The van der Waals surface area contributed by atoms with E-state index < -0.39 is 17.1 Å². The van der Waals surface area contributed by atoms with Crippen LogP contribution in [0.15, 0.2) is 40.9 Å². The molecular weight excluding hydrogens is 520 g/mol. The minimum Gasteiger partial charge on any atom is -0.444 e. The Hall–Kier alpha value is -2.64. The molecule has 2 aliphatic rings. The first-order valence-corrected chi connectivity index (χ1v) is 13.3. The van der Waals surface area contributed by atoms with Gasteiger partial charge in [-0.25, -0.2) is 4.79 Å². The monoisotopic (exact) mass is 552 g/mol. The van der Waals surface area contributed by atoms with Gasteiger partial charge >= 0.3 is 6.09 Å². The zero-order valence-corrected chi connectivity index (χ0v) is 23.0. The Kier molecular flexibility index (Phi) is 6.07. The van der Waals surface area contributed by atoms with E-state index in [0.717, 1.165) is 37.8 Å². The molecule has 0 saturated carbocycles. The molecule has 6 nitrogen and oxygen atoms in total. The molecule has 1 saturated heterocycles. The summed E-state index contributed by atoms with van der Waals surface area (Å²) in [6.45, 7) is 10.9. The van der Waals surface area contributed by atoms with Crippen molar-refractivity contribution >= 4 is 38.7 Å². The highest BCUT2D eigenvalue weighted by molar-refractivity contribution is 9.10. The van der Waals surface area contributed by atoms with Crippen LogP contribution in [0.3, 0.4) is 0 Å². The van der Waals surface area contributed by atoms with Crippen molar-refractivity contribution in [2.75, 3.05) is 13.1 Å². The average molecular weight is 553 g/mol. The number of nitrogens with one attached hydrogen (secondary N) is 1. The van der Waals surface area contributed by atoms with Gasteiger partial charge in [0.05, 0.1) is 11.7 Å². The molecule has 7 heteroatoms. The Morgan fingerprint density at radius 1 is 1.17 bits per heavy atom. The third kappa shape index (κ3) is 4.26. The molecule has 1 aliphatic heterocycles. The van der Waals surface area contributed by atoms with Crippen molar-refractivity contribution in [3.63, 3.8) is 0 Å². The van der Waals surface area contributed by atoms with Crippen molar-refractivity contribution in [1.82, 2.24) is 9.88 Å². The van der Waals surface area contributed by atoms with Gasteiger partial charge < -0.3 is 19.7 Å². The highest BCUT2D eigenvalue weighted by Crippen LogP contribution is 2.45. The number of carbonyl (C=O) groups is 2. The number of carbonyl (C=O) groups excluding carboxylic acids is 2. The Balaban J connectivity index is 1.40. The number of aliphatic hydroxyl groups is 1. The lowest BCUT2D eigenvalue weighted by molar-refractivity contribution is 0.00765. The van der Waals surface area contributed by atoms with Gasteiger partial charge in [0, 0.05) is 45.1 Å². The van der Waals surface area contributed by atoms with E-state index in [1.807, 2.05) is 57.2 Å². The number of fused-ring (bicyclic) bond motifs is 4. The van der Waals surface area contributed by atoms with Crippen LogP contribution >= 0.6 is 15.9 Å². The van der Waals surface area contributed by atoms with Crippen molar-refractivity contribution in [1.29, 1.82) is 0 Å². The molecule has 2 aromatic carbocycles. The van der Waals surface area contributed by atoms with Crippen LogP contribution in [0.5, 0.6) is 0 Å². The Bertz CT molecular complexity index is 1360. The zero-order valence-electron chi connectivity index (χ0n) is 21.4. The number of hydrogen-bond donors (Lipinski definition) is 2. The SMILES string of the molecule is CC(C)(C)OC(=O)N1CCC(C(O)c2ccc3c(c2)C(C)(C)c2[nH]c4cc(Br)ccc4c2C3=O)CC1. The van der Waals surface area contributed by atoms with Crippen molar-refractivity contribution in [3.05, 3.63) is 68.8 Å². The van der Waals surface area contributed by atoms with Gasteiger partial charge in [-0.3, -0.25) is 4.79 Å². The van der Waals surface area contributed by atoms with Crippen LogP contribution in [0.2, 0.25) is 0 Å². The number of piperidine rings is 1. The van der Waals surface area contributed by atoms with Gasteiger partial charge in [0.15, 0.2) is 5.78 Å². The molecule has 0 bridgehead atoms. The number of likely N-dealkylation sites (tertiary alicyclic amines) is 1. The van der Waals surface area contributed by atoms with Crippen molar-refractivity contribution in [3.8, 4) is 0 Å². The second kappa shape index (κ2) is 8.73. The summed E-state index contributed by atoms with van der Waals surface area (Å²) in [7, 11) is 0. The number of amides is 1. The summed E-state index contributed by atoms with van der Waals surface area (Å²) < 4.78 is 6.45. The number of nitrogens with zero attached hydrogens (tertiary/aromatic N) is 1. The number of rotatable bonds is 2. The van der Waals surface area contributed by atoms with Gasteiger partial charge in [0.25, 0.3) is 0 Å². The molecule has 1 aliphatic carbocycles. The minimum absolute atomic E-state index is 0.0135. The predicted octanol–water partition coefficient (Wildman–Crippen LogP) is 6.48. The molecule has 1 unspecified atom stereocenters. The summed E-state index contributed by atoms with van der Waals surface area (Å²) in [5.74, 6) is 0.0461. The summed E-state index contributed by atoms with van der Waals surface area (Å²) >= 11 is 3.52. The minimum atomic E-state index is -0.665. The van der Waals surface area contributed by atoms with Crippen LogP contribution in [0.4, 0.5) is 4.79 Å². The summed E-state index contributed by atoms with van der Waals surface area (Å²) in [4.78, 5) is 31.2. The maximum absolute atomic E-state index is 13.6. The van der Waals surface area contributed by atoms with Crippen LogP contribution in [0.1, 0.15) is 86.3 Å². The predicted molar refractivity (Wildman–Crippen MR) is 143 cm³/mol. The molecule has 36 heavy (non-hydrogen) atoms. The smallest absolute Gasteiger partial charge is 0.410 e. The number of aromatic nitrogens is 1. The molecule has 1 atom stereocenters. The molecule has 0 radical (unpaired) electrons. The summed E-state index contributed by atoms with van der Waals surface area (Å²) in [6, 6.07) is 11.7. The number of benzene rings is 2. The number of hydrogen-bond acceptors (Lipinski definition) is 4.